The molecule has 4 N–H and O–H groups in total. The van der Waals surface area contributed by atoms with Crippen LogP contribution < -0.4 is 30.7 Å². The third-order valence-corrected chi connectivity index (χ3v) is 10.7. The second-order valence-corrected chi connectivity index (χ2v) is 14.0. The van der Waals surface area contributed by atoms with E-state index in [1.165, 1.54) is 31.9 Å². The lowest BCUT2D eigenvalue weighted by Gasteiger charge is -2.35. The fourth-order valence-corrected chi connectivity index (χ4v) is 7.36. The van der Waals surface area contributed by atoms with Crippen molar-refractivity contribution in [1.29, 1.82) is 0 Å². The third-order valence-electron chi connectivity index (χ3n) is 8.53. The minimum absolute atomic E-state index is 0.0327. The molecule has 1 unspecified atom stereocenters. The van der Waals surface area contributed by atoms with Gasteiger partial charge in [-0.1, -0.05) is 12.1 Å². The summed E-state index contributed by atoms with van der Waals surface area (Å²) in [5, 5.41) is 12.1. The van der Waals surface area contributed by atoms with Crippen molar-refractivity contribution in [3.05, 3.63) is 76.9 Å². The molecule has 2 aliphatic rings. The normalized spacial score (nSPS) is 18.3. The predicted molar refractivity (Wildman–Crippen MR) is 172 cm³/mol. The average Bonchev–Trinajstić information content (AvgIpc) is 3.73. The van der Waals surface area contributed by atoms with Crippen molar-refractivity contribution in [2.45, 2.75) is 61.5 Å². The number of ketones is 1. The highest BCUT2D eigenvalue weighted by atomic mass is 32.2. The smallest absolute Gasteiger partial charge is 0.411 e. The Morgan fingerprint density at radius 1 is 0.889 bits per heavy atom. The van der Waals surface area contributed by atoms with Crippen molar-refractivity contribution in [1.82, 2.24) is 10.6 Å². The van der Waals surface area contributed by atoms with E-state index in [0.717, 1.165) is 24.3 Å². The number of anilines is 2. The Balaban J connectivity index is 1.69. The zero-order valence-electron chi connectivity index (χ0n) is 26.2. The van der Waals surface area contributed by atoms with Gasteiger partial charge in [-0.25, -0.2) is 13.2 Å². The summed E-state index contributed by atoms with van der Waals surface area (Å²) in [5.41, 5.74) is 2.87. The van der Waals surface area contributed by atoms with Gasteiger partial charge in [0.25, 0.3) is 0 Å². The van der Waals surface area contributed by atoms with E-state index in [1.807, 2.05) is 18.2 Å². The van der Waals surface area contributed by atoms with Gasteiger partial charge in [0.1, 0.15) is 11.6 Å². The van der Waals surface area contributed by atoms with Crippen LogP contribution in [0.5, 0.6) is 11.5 Å². The van der Waals surface area contributed by atoms with Crippen LogP contribution in [0.4, 0.5) is 16.2 Å². The molecular weight excluding hydrogens is 596 g/mol. The van der Waals surface area contributed by atoms with Gasteiger partial charge in [0.15, 0.2) is 27.1 Å². The minimum Gasteiger partial charge on any atom is -0.493 e. The number of hydrogen-bond acceptors (Lipinski definition) is 10. The van der Waals surface area contributed by atoms with Gasteiger partial charge in [0.05, 0.1) is 31.5 Å². The SMILES string of the molecule is COC(=O)Nc1ccc(S(=O)(=O)C(C)C)c([C@@]2(C(=O)C(Nc3ccc4c(c3)CNC4)c3ccc(OC)c(OC)c3)CCCN2)c1. The van der Waals surface area contributed by atoms with Crippen molar-refractivity contribution in [2.75, 3.05) is 38.5 Å². The lowest BCUT2D eigenvalue weighted by molar-refractivity contribution is -0.126. The second kappa shape index (κ2) is 13.1. The summed E-state index contributed by atoms with van der Waals surface area (Å²) < 4.78 is 43.3. The highest BCUT2D eigenvalue weighted by Crippen LogP contribution is 2.43. The predicted octanol–water partition coefficient (Wildman–Crippen LogP) is 4.67. The molecule has 2 atom stereocenters. The highest BCUT2D eigenvalue weighted by molar-refractivity contribution is 7.92. The summed E-state index contributed by atoms with van der Waals surface area (Å²) in [7, 11) is 0.471. The van der Waals surface area contributed by atoms with E-state index >= 15 is 4.79 Å². The molecule has 0 saturated carbocycles. The Hall–Kier alpha value is -4.13. The van der Waals surface area contributed by atoms with Gasteiger partial charge in [0.2, 0.25) is 0 Å². The molecule has 2 aliphatic heterocycles. The van der Waals surface area contributed by atoms with Gasteiger partial charge in [0, 0.05) is 30.0 Å². The van der Waals surface area contributed by atoms with Crippen LogP contribution in [0, 0.1) is 0 Å². The van der Waals surface area contributed by atoms with Crippen molar-refractivity contribution in [2.24, 2.45) is 0 Å². The highest BCUT2D eigenvalue weighted by Gasteiger charge is 2.49. The molecule has 1 saturated heterocycles. The van der Waals surface area contributed by atoms with Crippen LogP contribution in [0.15, 0.2) is 59.5 Å². The number of hydrogen-bond donors (Lipinski definition) is 4. The van der Waals surface area contributed by atoms with Crippen molar-refractivity contribution in [3.63, 3.8) is 0 Å². The first-order valence-corrected chi connectivity index (χ1v) is 16.4. The Bertz CT molecular complexity index is 1700. The number of fused-ring (bicyclic) bond motifs is 1. The molecule has 3 aromatic rings. The maximum absolute atomic E-state index is 15.2. The standard InChI is InChI=1S/C33H40N4O7S/c1-20(2)45(40,41)29-12-10-25(37-32(39)44-5)17-26(29)33(13-6-14-35-33)31(38)30(21-8-11-27(42-3)28(16-21)43-4)36-24-9-7-22-18-34-19-23(22)15-24/h7-12,15-17,20,30,34-36H,6,13-14,18-19H2,1-5H3,(H,37,39)/t30?,33-/m1/s1. The van der Waals surface area contributed by atoms with Gasteiger partial charge in [-0.05, 0) is 92.4 Å². The largest absolute Gasteiger partial charge is 0.493 e. The van der Waals surface area contributed by atoms with Gasteiger partial charge in [-0.15, -0.1) is 0 Å². The summed E-state index contributed by atoms with van der Waals surface area (Å²) in [6.45, 7) is 5.20. The second-order valence-electron chi connectivity index (χ2n) is 11.5. The molecular formula is C33H40N4O7S. The minimum atomic E-state index is -3.84. The quantitative estimate of drug-likeness (QED) is 0.234. The van der Waals surface area contributed by atoms with E-state index in [-0.39, 0.29) is 16.2 Å². The molecule has 0 aliphatic carbocycles. The van der Waals surface area contributed by atoms with E-state index < -0.39 is 32.8 Å². The lowest BCUT2D eigenvalue weighted by Crippen LogP contribution is -2.49. The van der Waals surface area contributed by atoms with E-state index in [9.17, 15) is 13.2 Å². The molecule has 0 aromatic heterocycles. The first-order valence-electron chi connectivity index (χ1n) is 14.9. The van der Waals surface area contributed by atoms with E-state index in [0.29, 0.717) is 42.1 Å². The fourth-order valence-electron chi connectivity index (χ4n) is 6.06. The molecule has 1 amide bonds. The van der Waals surface area contributed by atoms with Crippen LogP contribution in [0.2, 0.25) is 0 Å². The monoisotopic (exact) mass is 636 g/mol. The van der Waals surface area contributed by atoms with Crippen LogP contribution in [0.1, 0.15) is 55.0 Å². The summed E-state index contributed by atoms with van der Waals surface area (Å²) in [5.74, 6) is 0.687. The fraction of sp³-hybridized carbons (Fsp3) is 0.394. The molecule has 45 heavy (non-hydrogen) atoms. The van der Waals surface area contributed by atoms with Crippen LogP contribution in [-0.4, -0.2) is 53.4 Å². The number of carbonyl (C=O) groups is 2. The number of sulfone groups is 1. The Morgan fingerprint density at radius 3 is 2.29 bits per heavy atom. The Morgan fingerprint density at radius 2 is 1.62 bits per heavy atom. The first kappa shape index (κ1) is 32.3. The number of amides is 1. The van der Waals surface area contributed by atoms with Crippen molar-refractivity contribution < 1.29 is 32.2 Å². The number of carbonyl (C=O) groups excluding carboxylic acids is 2. The summed E-state index contributed by atoms with van der Waals surface area (Å²) in [6, 6.07) is 14.9. The number of ether oxygens (including phenoxy) is 3. The van der Waals surface area contributed by atoms with Gasteiger partial charge >= 0.3 is 6.09 Å². The molecule has 5 rings (SSSR count). The van der Waals surface area contributed by atoms with Gasteiger partial charge in [-0.3, -0.25) is 10.1 Å². The van der Waals surface area contributed by atoms with E-state index in [2.05, 4.69) is 21.3 Å². The number of rotatable bonds is 11. The number of Topliss-reactive ketones (excluding diaryl/α,β-unsaturated/α-hetero) is 1. The third kappa shape index (κ3) is 6.22. The van der Waals surface area contributed by atoms with Crippen molar-refractivity contribution in [3.8, 4) is 11.5 Å². The lowest BCUT2D eigenvalue weighted by atomic mass is 9.79. The zero-order chi connectivity index (χ0) is 32.4. The number of benzene rings is 3. The Kier molecular flexibility index (Phi) is 9.38. The molecule has 12 heteroatoms. The molecule has 240 valence electrons. The molecule has 0 spiro atoms. The molecule has 11 nitrogen and oxygen atoms in total. The van der Waals surface area contributed by atoms with Crippen molar-refractivity contribution >= 4 is 33.1 Å². The van der Waals surface area contributed by atoms with Crippen LogP contribution >= 0.6 is 0 Å². The number of methoxy groups -OCH3 is 3. The molecule has 2 heterocycles. The van der Waals surface area contributed by atoms with E-state index in [1.54, 1.807) is 45.2 Å². The maximum atomic E-state index is 15.2. The molecule has 0 radical (unpaired) electrons. The van der Waals surface area contributed by atoms with Crippen LogP contribution in [0.3, 0.4) is 0 Å². The maximum Gasteiger partial charge on any atom is 0.411 e. The summed E-state index contributed by atoms with van der Waals surface area (Å²) in [6.07, 6.45) is 0.259. The topological polar surface area (TPSA) is 144 Å². The summed E-state index contributed by atoms with van der Waals surface area (Å²) >= 11 is 0. The Labute approximate surface area is 263 Å². The zero-order valence-corrected chi connectivity index (χ0v) is 27.0. The first-order chi connectivity index (χ1) is 21.5. The van der Waals surface area contributed by atoms with E-state index in [4.69, 9.17) is 14.2 Å². The van der Waals surface area contributed by atoms with Gasteiger partial charge < -0.3 is 30.2 Å². The van der Waals surface area contributed by atoms with Crippen LogP contribution in [-0.2, 0) is 38.0 Å². The average molecular weight is 637 g/mol. The molecule has 0 bridgehead atoms. The summed E-state index contributed by atoms with van der Waals surface area (Å²) in [4.78, 5) is 27.4. The van der Waals surface area contributed by atoms with Crippen LogP contribution in [0.25, 0.3) is 0 Å². The molecule has 3 aromatic carbocycles. The number of nitrogens with one attached hydrogen (secondary N) is 4. The van der Waals surface area contributed by atoms with Gasteiger partial charge in [-0.2, -0.15) is 0 Å². The molecule has 1 fully saturated rings.